The van der Waals surface area contributed by atoms with Crippen molar-refractivity contribution >= 4 is 22.6 Å². The molecule has 3 rings (SSSR count). The first-order valence-corrected chi connectivity index (χ1v) is 8.22. The summed E-state index contributed by atoms with van der Waals surface area (Å²) < 4.78 is 4.83. The number of aromatic hydroxyl groups is 1. The minimum Gasteiger partial charge on any atom is -0.508 e. The summed E-state index contributed by atoms with van der Waals surface area (Å²) in [5.74, 6) is -0.839. The first kappa shape index (κ1) is 17.5. The number of carbonyl (C=O) groups is 2. The van der Waals surface area contributed by atoms with Gasteiger partial charge in [-0.2, -0.15) is 0 Å². The number of phenols is 1. The fraction of sp³-hybridized carbons (Fsp3) is 0.143. The molecule has 0 fully saturated rings. The lowest BCUT2D eigenvalue weighted by Gasteiger charge is -2.17. The van der Waals surface area contributed by atoms with Crippen molar-refractivity contribution in [2.45, 2.75) is 12.5 Å². The number of hydrogen-bond donors (Lipinski definition) is 2. The number of esters is 1. The van der Waals surface area contributed by atoms with E-state index in [9.17, 15) is 14.7 Å². The van der Waals surface area contributed by atoms with Crippen LogP contribution >= 0.6 is 0 Å². The lowest BCUT2D eigenvalue weighted by molar-refractivity contribution is -0.142. The third-order valence-corrected chi connectivity index (χ3v) is 4.17. The average Bonchev–Trinajstić information content (AvgIpc) is 2.67. The second-order valence-corrected chi connectivity index (χ2v) is 5.98. The molecule has 132 valence electrons. The van der Waals surface area contributed by atoms with Gasteiger partial charge in [-0.05, 0) is 40.6 Å². The number of methoxy groups -OCH3 is 1. The highest BCUT2D eigenvalue weighted by Crippen LogP contribution is 2.17. The Balaban J connectivity index is 1.79. The lowest BCUT2D eigenvalue weighted by Crippen LogP contribution is -2.43. The molecule has 0 unspecified atom stereocenters. The Morgan fingerprint density at radius 2 is 1.69 bits per heavy atom. The number of nitrogens with one attached hydrogen (secondary N) is 1. The van der Waals surface area contributed by atoms with E-state index in [0.717, 1.165) is 16.3 Å². The maximum atomic E-state index is 12.4. The summed E-state index contributed by atoms with van der Waals surface area (Å²) in [4.78, 5) is 24.5. The van der Waals surface area contributed by atoms with Gasteiger partial charge >= 0.3 is 5.97 Å². The monoisotopic (exact) mass is 349 g/mol. The molecule has 3 aromatic carbocycles. The van der Waals surface area contributed by atoms with Crippen molar-refractivity contribution in [2.24, 2.45) is 0 Å². The van der Waals surface area contributed by atoms with Gasteiger partial charge in [0.25, 0.3) is 5.91 Å². The fourth-order valence-electron chi connectivity index (χ4n) is 2.79. The summed E-state index contributed by atoms with van der Waals surface area (Å²) in [7, 11) is 1.29. The molecule has 1 atom stereocenters. The van der Waals surface area contributed by atoms with Crippen LogP contribution < -0.4 is 5.32 Å². The Labute approximate surface area is 151 Å². The second-order valence-electron chi connectivity index (χ2n) is 5.98. The molecule has 26 heavy (non-hydrogen) atoms. The van der Waals surface area contributed by atoms with Gasteiger partial charge in [-0.3, -0.25) is 4.79 Å². The topological polar surface area (TPSA) is 75.6 Å². The van der Waals surface area contributed by atoms with Gasteiger partial charge < -0.3 is 15.2 Å². The number of fused-ring (bicyclic) bond motifs is 1. The summed E-state index contributed by atoms with van der Waals surface area (Å²) in [6, 6.07) is 18.9. The summed E-state index contributed by atoms with van der Waals surface area (Å²) >= 11 is 0. The van der Waals surface area contributed by atoms with Crippen molar-refractivity contribution in [3.8, 4) is 5.75 Å². The van der Waals surface area contributed by atoms with Crippen molar-refractivity contribution in [2.75, 3.05) is 7.11 Å². The van der Waals surface area contributed by atoms with E-state index < -0.39 is 17.9 Å². The van der Waals surface area contributed by atoms with Crippen LogP contribution in [0.2, 0.25) is 0 Å². The van der Waals surface area contributed by atoms with Gasteiger partial charge in [0, 0.05) is 12.0 Å². The van der Waals surface area contributed by atoms with Crippen LogP contribution in [0.5, 0.6) is 5.75 Å². The van der Waals surface area contributed by atoms with E-state index in [1.165, 1.54) is 31.4 Å². The molecule has 0 radical (unpaired) electrons. The van der Waals surface area contributed by atoms with E-state index in [1.807, 2.05) is 42.5 Å². The number of phenolic OH excluding ortho intramolecular Hbond substituents is 1. The fourth-order valence-corrected chi connectivity index (χ4v) is 2.79. The molecule has 0 heterocycles. The minimum absolute atomic E-state index is 0.0715. The molecule has 0 saturated heterocycles. The van der Waals surface area contributed by atoms with Gasteiger partial charge in [0.05, 0.1) is 7.11 Å². The molecule has 1 amide bonds. The van der Waals surface area contributed by atoms with Crippen LogP contribution in [-0.2, 0) is 16.0 Å². The van der Waals surface area contributed by atoms with Crippen LogP contribution in [0.1, 0.15) is 15.9 Å². The minimum atomic E-state index is -0.803. The van der Waals surface area contributed by atoms with E-state index in [1.54, 1.807) is 0 Å². The highest BCUT2D eigenvalue weighted by atomic mass is 16.5. The standard InChI is InChI=1S/C21H19NO4/c1-26-21(25)19(22-20(24)16-8-10-18(23)11-9-16)13-14-6-7-15-4-2-3-5-17(15)12-14/h2-12,19,23H,13H2,1H3,(H,22,24)/t19-/m1/s1. The molecule has 2 N–H and O–H groups in total. The molecule has 0 aromatic heterocycles. The Bertz CT molecular complexity index is 934. The summed E-state index contributed by atoms with van der Waals surface area (Å²) in [6.07, 6.45) is 0.321. The van der Waals surface area contributed by atoms with E-state index in [-0.39, 0.29) is 5.75 Å². The molecular weight excluding hydrogens is 330 g/mol. The number of hydrogen-bond acceptors (Lipinski definition) is 4. The molecule has 0 aliphatic carbocycles. The first-order valence-electron chi connectivity index (χ1n) is 8.22. The lowest BCUT2D eigenvalue weighted by atomic mass is 10.0. The molecule has 3 aromatic rings. The smallest absolute Gasteiger partial charge is 0.328 e. The Morgan fingerprint density at radius 1 is 1.00 bits per heavy atom. The average molecular weight is 349 g/mol. The van der Waals surface area contributed by atoms with Crippen molar-refractivity contribution in [3.63, 3.8) is 0 Å². The highest BCUT2D eigenvalue weighted by Gasteiger charge is 2.22. The van der Waals surface area contributed by atoms with Crippen LogP contribution in [0.15, 0.2) is 66.7 Å². The Morgan fingerprint density at radius 3 is 2.38 bits per heavy atom. The summed E-state index contributed by atoms with van der Waals surface area (Å²) in [6.45, 7) is 0. The van der Waals surface area contributed by atoms with Crippen molar-refractivity contribution < 1.29 is 19.4 Å². The van der Waals surface area contributed by atoms with Crippen molar-refractivity contribution in [3.05, 3.63) is 77.9 Å². The van der Waals surface area contributed by atoms with Crippen LogP contribution in [-0.4, -0.2) is 30.1 Å². The predicted molar refractivity (Wildman–Crippen MR) is 99.0 cm³/mol. The van der Waals surface area contributed by atoms with Crippen molar-refractivity contribution in [1.29, 1.82) is 0 Å². The predicted octanol–water partition coefficient (Wildman–Crippen LogP) is 3.06. The quantitative estimate of drug-likeness (QED) is 0.694. The third-order valence-electron chi connectivity index (χ3n) is 4.17. The zero-order valence-corrected chi connectivity index (χ0v) is 14.3. The van der Waals surface area contributed by atoms with Crippen molar-refractivity contribution in [1.82, 2.24) is 5.32 Å². The SMILES string of the molecule is COC(=O)[C@@H](Cc1ccc2ccccc2c1)NC(=O)c1ccc(O)cc1. The van der Waals surface area contributed by atoms with Crippen LogP contribution in [0.4, 0.5) is 0 Å². The van der Waals surface area contributed by atoms with Crippen LogP contribution in [0.25, 0.3) is 10.8 Å². The van der Waals surface area contributed by atoms with E-state index in [2.05, 4.69) is 5.32 Å². The number of ether oxygens (including phenoxy) is 1. The summed E-state index contributed by atoms with van der Waals surface area (Å²) in [5.41, 5.74) is 1.28. The van der Waals surface area contributed by atoms with E-state index in [0.29, 0.717) is 12.0 Å². The molecule has 0 bridgehead atoms. The number of benzene rings is 3. The normalized spacial score (nSPS) is 11.7. The number of amides is 1. The molecule has 0 aliphatic rings. The molecular formula is C21H19NO4. The van der Waals surface area contributed by atoms with Gasteiger partial charge in [-0.1, -0.05) is 42.5 Å². The first-order chi connectivity index (χ1) is 12.6. The molecule has 0 aliphatic heterocycles. The zero-order chi connectivity index (χ0) is 18.5. The third kappa shape index (κ3) is 4.00. The maximum absolute atomic E-state index is 12.4. The van der Waals surface area contributed by atoms with E-state index >= 15 is 0 Å². The number of carbonyl (C=O) groups excluding carboxylic acids is 2. The molecule has 0 spiro atoms. The van der Waals surface area contributed by atoms with Gasteiger partial charge in [0.2, 0.25) is 0 Å². The maximum Gasteiger partial charge on any atom is 0.328 e. The zero-order valence-electron chi connectivity index (χ0n) is 14.3. The molecule has 5 heteroatoms. The molecule has 0 saturated carbocycles. The molecule has 5 nitrogen and oxygen atoms in total. The second kappa shape index (κ2) is 7.70. The Hall–Kier alpha value is -3.34. The van der Waals surface area contributed by atoms with Crippen LogP contribution in [0.3, 0.4) is 0 Å². The van der Waals surface area contributed by atoms with Gasteiger partial charge in [-0.15, -0.1) is 0 Å². The van der Waals surface area contributed by atoms with Gasteiger partial charge in [-0.25, -0.2) is 4.79 Å². The van der Waals surface area contributed by atoms with Crippen LogP contribution in [0, 0.1) is 0 Å². The number of rotatable bonds is 5. The van der Waals surface area contributed by atoms with Gasteiger partial charge in [0.1, 0.15) is 11.8 Å². The Kier molecular flexibility index (Phi) is 5.17. The largest absolute Gasteiger partial charge is 0.508 e. The van der Waals surface area contributed by atoms with E-state index in [4.69, 9.17) is 4.74 Å². The van der Waals surface area contributed by atoms with Gasteiger partial charge in [0.15, 0.2) is 0 Å². The summed E-state index contributed by atoms with van der Waals surface area (Å²) in [5, 5.41) is 14.2. The highest BCUT2D eigenvalue weighted by molar-refractivity contribution is 5.97.